The Kier molecular flexibility index (Phi) is 3.62. The van der Waals surface area contributed by atoms with Gasteiger partial charge in [0.15, 0.2) is 11.6 Å². The van der Waals surface area contributed by atoms with Crippen LogP contribution in [0, 0.1) is 11.6 Å². The van der Waals surface area contributed by atoms with Gasteiger partial charge in [0.1, 0.15) is 0 Å². The third-order valence-corrected chi connectivity index (χ3v) is 2.49. The zero-order chi connectivity index (χ0) is 14.0. The van der Waals surface area contributed by atoms with E-state index < -0.39 is 23.4 Å². The molecule has 0 atom stereocenters. The Morgan fingerprint density at radius 1 is 1.37 bits per heavy atom. The van der Waals surface area contributed by atoms with Gasteiger partial charge in [0.05, 0.1) is 16.8 Å². The molecule has 0 bridgehead atoms. The van der Waals surface area contributed by atoms with Gasteiger partial charge in [-0.1, -0.05) is 17.7 Å². The van der Waals surface area contributed by atoms with E-state index >= 15 is 0 Å². The van der Waals surface area contributed by atoms with Crippen LogP contribution in [0.15, 0.2) is 30.5 Å². The van der Waals surface area contributed by atoms with Gasteiger partial charge < -0.3 is 9.84 Å². The van der Waals surface area contributed by atoms with E-state index in [9.17, 15) is 13.6 Å². The van der Waals surface area contributed by atoms with Crippen molar-refractivity contribution in [3.63, 3.8) is 0 Å². The van der Waals surface area contributed by atoms with Gasteiger partial charge in [-0.2, -0.15) is 4.39 Å². The highest BCUT2D eigenvalue weighted by molar-refractivity contribution is 6.33. The number of ether oxygens (including phenoxy) is 1. The first-order valence-corrected chi connectivity index (χ1v) is 5.37. The van der Waals surface area contributed by atoms with Crippen LogP contribution in [0.1, 0.15) is 10.4 Å². The van der Waals surface area contributed by atoms with Crippen LogP contribution in [0.25, 0.3) is 0 Å². The van der Waals surface area contributed by atoms with Gasteiger partial charge in [0, 0.05) is 6.07 Å². The number of carbonyl (C=O) groups is 1. The molecular weight excluding hydrogens is 280 g/mol. The van der Waals surface area contributed by atoms with E-state index in [1.54, 1.807) is 0 Å². The number of nitrogens with zero attached hydrogens (tertiary/aromatic N) is 1. The van der Waals surface area contributed by atoms with Gasteiger partial charge in [0.2, 0.25) is 11.7 Å². The Morgan fingerprint density at radius 2 is 2.11 bits per heavy atom. The Balaban J connectivity index is 2.36. The molecule has 0 saturated heterocycles. The van der Waals surface area contributed by atoms with Crippen LogP contribution in [0.3, 0.4) is 0 Å². The minimum atomic E-state index is -1.28. The van der Waals surface area contributed by atoms with Crippen molar-refractivity contribution in [2.75, 3.05) is 0 Å². The summed E-state index contributed by atoms with van der Waals surface area (Å²) < 4.78 is 31.3. The average molecular weight is 286 g/mol. The summed E-state index contributed by atoms with van der Waals surface area (Å²) in [5, 5.41) is 8.77. The lowest BCUT2D eigenvalue weighted by Gasteiger charge is -2.07. The molecule has 0 aliphatic heterocycles. The molecule has 0 unspecified atom stereocenters. The number of aromatic nitrogens is 1. The smallest absolute Gasteiger partial charge is 0.337 e. The second kappa shape index (κ2) is 5.19. The average Bonchev–Trinajstić information content (AvgIpc) is 2.37. The van der Waals surface area contributed by atoms with Gasteiger partial charge in [-0.05, 0) is 12.1 Å². The molecule has 0 radical (unpaired) electrons. The van der Waals surface area contributed by atoms with Crippen molar-refractivity contribution >= 4 is 17.6 Å². The molecule has 2 rings (SSSR count). The molecule has 2 aromatic rings. The molecule has 4 nitrogen and oxygen atoms in total. The van der Waals surface area contributed by atoms with Crippen LogP contribution >= 0.6 is 11.6 Å². The summed E-state index contributed by atoms with van der Waals surface area (Å²) >= 11 is 5.62. The Morgan fingerprint density at radius 3 is 2.79 bits per heavy atom. The molecule has 1 heterocycles. The number of carboxylic acid groups (broad SMARTS) is 1. The SMILES string of the molecule is O=C(O)c1cc(Oc2cccc(F)c2F)ncc1Cl. The summed E-state index contributed by atoms with van der Waals surface area (Å²) in [6.07, 6.45) is 1.05. The number of rotatable bonds is 3. The zero-order valence-electron chi connectivity index (χ0n) is 9.23. The maximum absolute atomic E-state index is 13.4. The van der Waals surface area contributed by atoms with Crippen LogP contribution in [-0.2, 0) is 0 Å². The predicted octanol–water partition coefficient (Wildman–Crippen LogP) is 3.50. The molecule has 0 fully saturated rings. The number of hydrogen-bond acceptors (Lipinski definition) is 3. The van der Waals surface area contributed by atoms with E-state index in [2.05, 4.69) is 4.98 Å². The van der Waals surface area contributed by atoms with Gasteiger partial charge in [-0.15, -0.1) is 0 Å². The lowest BCUT2D eigenvalue weighted by Crippen LogP contribution is -2.00. The fraction of sp³-hybridized carbons (Fsp3) is 0. The zero-order valence-corrected chi connectivity index (χ0v) is 9.99. The van der Waals surface area contributed by atoms with Crippen molar-refractivity contribution in [1.82, 2.24) is 4.98 Å². The van der Waals surface area contributed by atoms with Crippen LogP contribution in [0.2, 0.25) is 5.02 Å². The molecule has 1 aromatic heterocycles. The maximum Gasteiger partial charge on any atom is 0.337 e. The molecule has 0 amide bonds. The standard InChI is InChI=1S/C12H6ClF2NO3/c13-7-5-16-10(4-6(7)12(17)18)19-9-3-1-2-8(14)11(9)15/h1-5H,(H,17,18). The fourth-order valence-electron chi connectivity index (χ4n) is 1.31. The first-order chi connectivity index (χ1) is 8.99. The Labute approximate surface area is 111 Å². The maximum atomic E-state index is 13.4. The molecule has 7 heteroatoms. The second-order valence-electron chi connectivity index (χ2n) is 3.46. The monoisotopic (exact) mass is 285 g/mol. The quantitative estimate of drug-likeness (QED) is 0.937. The number of benzene rings is 1. The van der Waals surface area contributed by atoms with E-state index in [0.29, 0.717) is 0 Å². The Hall–Kier alpha value is -2.21. The summed E-state index contributed by atoms with van der Waals surface area (Å²) in [7, 11) is 0. The second-order valence-corrected chi connectivity index (χ2v) is 3.87. The highest BCUT2D eigenvalue weighted by atomic mass is 35.5. The summed E-state index contributed by atoms with van der Waals surface area (Å²) in [5.41, 5.74) is -0.247. The highest BCUT2D eigenvalue weighted by Crippen LogP contribution is 2.26. The summed E-state index contributed by atoms with van der Waals surface area (Å²) in [4.78, 5) is 14.5. The van der Waals surface area contributed by atoms with E-state index in [-0.39, 0.29) is 16.5 Å². The fourth-order valence-corrected chi connectivity index (χ4v) is 1.50. The topological polar surface area (TPSA) is 59.4 Å². The number of halogens is 3. The van der Waals surface area contributed by atoms with Crippen molar-refractivity contribution in [1.29, 1.82) is 0 Å². The van der Waals surface area contributed by atoms with Gasteiger partial charge in [0.25, 0.3) is 0 Å². The van der Waals surface area contributed by atoms with Crippen molar-refractivity contribution in [2.45, 2.75) is 0 Å². The molecule has 19 heavy (non-hydrogen) atoms. The van der Waals surface area contributed by atoms with Crippen LogP contribution in [0.5, 0.6) is 11.6 Å². The lowest BCUT2D eigenvalue weighted by molar-refractivity contribution is 0.0696. The molecule has 0 aliphatic carbocycles. The summed E-state index contributed by atoms with van der Waals surface area (Å²) in [5.74, 6) is -4.14. The first-order valence-electron chi connectivity index (χ1n) is 4.99. The normalized spacial score (nSPS) is 10.3. The van der Waals surface area contributed by atoms with Crippen molar-refractivity contribution in [3.8, 4) is 11.6 Å². The minimum Gasteiger partial charge on any atom is -0.478 e. The highest BCUT2D eigenvalue weighted by Gasteiger charge is 2.14. The van der Waals surface area contributed by atoms with Crippen LogP contribution < -0.4 is 4.74 Å². The molecule has 0 saturated carbocycles. The van der Waals surface area contributed by atoms with E-state index in [1.807, 2.05) is 0 Å². The minimum absolute atomic E-state index is 0.0837. The third-order valence-electron chi connectivity index (χ3n) is 2.19. The third kappa shape index (κ3) is 2.79. The molecule has 0 spiro atoms. The predicted molar refractivity (Wildman–Crippen MR) is 62.6 cm³/mol. The molecule has 1 aromatic carbocycles. The van der Waals surface area contributed by atoms with Gasteiger partial charge in [-0.25, -0.2) is 14.2 Å². The number of aromatic carboxylic acids is 1. The van der Waals surface area contributed by atoms with E-state index in [0.717, 1.165) is 18.3 Å². The van der Waals surface area contributed by atoms with Crippen LogP contribution in [-0.4, -0.2) is 16.1 Å². The molecular formula is C12H6ClF2NO3. The molecule has 1 N–H and O–H groups in total. The number of carboxylic acids is 1. The van der Waals surface area contributed by atoms with E-state index in [1.165, 1.54) is 12.1 Å². The van der Waals surface area contributed by atoms with Crippen molar-refractivity contribution in [3.05, 3.63) is 52.7 Å². The van der Waals surface area contributed by atoms with Crippen molar-refractivity contribution < 1.29 is 23.4 Å². The lowest BCUT2D eigenvalue weighted by atomic mass is 10.2. The first kappa shape index (κ1) is 13.2. The van der Waals surface area contributed by atoms with E-state index in [4.69, 9.17) is 21.4 Å². The number of hydrogen-bond donors (Lipinski definition) is 1. The van der Waals surface area contributed by atoms with Crippen LogP contribution in [0.4, 0.5) is 8.78 Å². The summed E-state index contributed by atoms with van der Waals surface area (Å²) in [6, 6.07) is 4.39. The van der Waals surface area contributed by atoms with Gasteiger partial charge >= 0.3 is 5.97 Å². The molecule has 0 aliphatic rings. The van der Waals surface area contributed by atoms with Crippen molar-refractivity contribution in [2.24, 2.45) is 0 Å². The summed E-state index contributed by atoms with van der Waals surface area (Å²) in [6.45, 7) is 0. The van der Waals surface area contributed by atoms with Gasteiger partial charge in [-0.3, -0.25) is 0 Å². The Bertz CT molecular complexity index is 649. The largest absolute Gasteiger partial charge is 0.478 e. The number of pyridine rings is 1. The molecule has 98 valence electrons.